The minimum Gasteiger partial charge on any atom is -0.106 e. The summed E-state index contributed by atoms with van der Waals surface area (Å²) in [6.45, 7) is 16.5. The maximum absolute atomic E-state index is 3.87. The molecule has 0 saturated carbocycles. The van der Waals surface area contributed by atoms with E-state index in [9.17, 15) is 0 Å². The van der Waals surface area contributed by atoms with E-state index >= 15 is 0 Å². The van der Waals surface area contributed by atoms with Gasteiger partial charge in [0, 0.05) is 0 Å². The van der Waals surface area contributed by atoms with Crippen LogP contribution in [0.4, 0.5) is 0 Å². The van der Waals surface area contributed by atoms with Gasteiger partial charge in [0.1, 0.15) is 0 Å². The smallest absolute Gasteiger partial charge is 0.0187 e. The third-order valence-electron chi connectivity index (χ3n) is 2.71. The van der Waals surface area contributed by atoms with E-state index < -0.39 is 0 Å². The van der Waals surface area contributed by atoms with Crippen molar-refractivity contribution >= 4 is 6.08 Å². The van der Waals surface area contributed by atoms with Crippen LogP contribution in [0, 0.1) is 6.92 Å². The fourth-order valence-electron chi connectivity index (χ4n) is 1.63. The molecule has 0 saturated heterocycles. The number of hydrogen-bond donors (Lipinski definition) is 0. The van der Waals surface area contributed by atoms with Crippen LogP contribution in [-0.4, -0.2) is 0 Å². The van der Waals surface area contributed by atoms with E-state index in [2.05, 4.69) is 58.7 Å². The fourth-order valence-corrected chi connectivity index (χ4v) is 1.63. The van der Waals surface area contributed by atoms with Gasteiger partial charge in [0.05, 0.1) is 0 Å². The molecule has 1 unspecified atom stereocenters. The summed E-state index contributed by atoms with van der Waals surface area (Å²) in [6, 6.07) is 6.48. The Bertz CT molecular complexity index is 310. The van der Waals surface area contributed by atoms with Gasteiger partial charge >= 0.3 is 0 Å². The summed E-state index contributed by atoms with van der Waals surface area (Å²) in [4.78, 5) is 0. The molecule has 0 radical (unpaired) electrons. The largest absolute Gasteiger partial charge is 0.106 e. The first kappa shape index (κ1) is 13.7. The molecule has 0 aromatic heterocycles. The normalized spacial score (nSPS) is 11.1. The SMILES string of the molecule is C=C.C=Cc1c(C)cccc1C(C)CC. The molecule has 0 fully saturated rings. The van der Waals surface area contributed by atoms with Crippen LogP contribution in [0.5, 0.6) is 0 Å². The molecule has 0 amide bonds. The Balaban J connectivity index is 0.000000921. The lowest BCUT2D eigenvalue weighted by Crippen LogP contribution is -1.96. The molecule has 1 rings (SSSR count). The summed E-state index contributed by atoms with van der Waals surface area (Å²) in [7, 11) is 0. The highest BCUT2D eigenvalue weighted by Gasteiger charge is 2.07. The molecular weight excluding hydrogens is 180 g/mol. The number of aryl methyl sites for hydroxylation is 1. The van der Waals surface area contributed by atoms with Gasteiger partial charge in [-0.2, -0.15) is 0 Å². The Morgan fingerprint density at radius 2 is 1.93 bits per heavy atom. The van der Waals surface area contributed by atoms with Crippen molar-refractivity contribution in [3.05, 3.63) is 54.6 Å². The standard InChI is InChI=1S/C13H18.C2H4/c1-5-10(3)13-9-7-8-11(4)12(13)6-2;1-2/h6-10H,2,5H2,1,3-4H3;1-2H2. The van der Waals surface area contributed by atoms with E-state index in [1.165, 1.54) is 23.1 Å². The second kappa shape index (κ2) is 7.05. The summed E-state index contributed by atoms with van der Waals surface area (Å²) in [5.41, 5.74) is 4.07. The molecule has 0 N–H and O–H groups in total. The van der Waals surface area contributed by atoms with Crippen LogP contribution in [0.15, 0.2) is 37.9 Å². The average Bonchev–Trinajstić information content (AvgIpc) is 2.30. The predicted molar refractivity (Wildman–Crippen MR) is 71.2 cm³/mol. The summed E-state index contributed by atoms with van der Waals surface area (Å²) in [5, 5.41) is 0. The van der Waals surface area contributed by atoms with Gasteiger partial charge in [-0.1, -0.05) is 44.7 Å². The maximum Gasteiger partial charge on any atom is -0.0187 e. The van der Waals surface area contributed by atoms with Gasteiger partial charge in [-0.05, 0) is 36.0 Å². The minimum absolute atomic E-state index is 0.632. The molecule has 1 aromatic rings. The quantitative estimate of drug-likeness (QED) is 0.608. The highest BCUT2D eigenvalue weighted by atomic mass is 14.1. The van der Waals surface area contributed by atoms with Crippen LogP contribution >= 0.6 is 0 Å². The van der Waals surface area contributed by atoms with Crippen molar-refractivity contribution in [1.29, 1.82) is 0 Å². The second-order valence-corrected chi connectivity index (χ2v) is 3.59. The molecule has 0 nitrogen and oxygen atoms in total. The van der Waals surface area contributed by atoms with Gasteiger partial charge in [-0.25, -0.2) is 0 Å². The third kappa shape index (κ3) is 3.39. The average molecular weight is 202 g/mol. The van der Waals surface area contributed by atoms with E-state index in [0.29, 0.717) is 5.92 Å². The zero-order chi connectivity index (χ0) is 11.8. The summed E-state index contributed by atoms with van der Waals surface area (Å²) < 4.78 is 0. The Kier molecular flexibility index (Phi) is 6.44. The van der Waals surface area contributed by atoms with E-state index in [4.69, 9.17) is 0 Å². The Hall–Kier alpha value is -1.30. The number of rotatable bonds is 3. The van der Waals surface area contributed by atoms with E-state index in [1.807, 2.05) is 6.08 Å². The molecule has 0 spiro atoms. The van der Waals surface area contributed by atoms with Crippen molar-refractivity contribution in [2.45, 2.75) is 33.1 Å². The Labute approximate surface area is 94.3 Å². The first-order valence-electron chi connectivity index (χ1n) is 5.42. The molecule has 0 aliphatic heterocycles. The molecule has 0 aliphatic rings. The lowest BCUT2D eigenvalue weighted by Gasteiger charge is -2.14. The second-order valence-electron chi connectivity index (χ2n) is 3.59. The highest BCUT2D eigenvalue weighted by molar-refractivity contribution is 5.57. The summed E-state index contributed by atoms with van der Waals surface area (Å²) in [6.07, 6.45) is 3.15. The molecule has 0 bridgehead atoms. The molecule has 1 atom stereocenters. The first-order chi connectivity index (χ1) is 7.20. The van der Waals surface area contributed by atoms with Gasteiger partial charge in [0.15, 0.2) is 0 Å². The zero-order valence-electron chi connectivity index (χ0n) is 10.2. The molecule has 82 valence electrons. The molecule has 0 aliphatic carbocycles. The van der Waals surface area contributed by atoms with Crippen molar-refractivity contribution < 1.29 is 0 Å². The van der Waals surface area contributed by atoms with Crippen molar-refractivity contribution in [3.63, 3.8) is 0 Å². The van der Waals surface area contributed by atoms with Crippen LogP contribution < -0.4 is 0 Å². The Morgan fingerprint density at radius 1 is 1.33 bits per heavy atom. The van der Waals surface area contributed by atoms with Gasteiger partial charge in [-0.3, -0.25) is 0 Å². The summed E-state index contributed by atoms with van der Waals surface area (Å²) >= 11 is 0. The van der Waals surface area contributed by atoms with Gasteiger partial charge in [0.25, 0.3) is 0 Å². The zero-order valence-corrected chi connectivity index (χ0v) is 10.2. The maximum atomic E-state index is 3.87. The van der Waals surface area contributed by atoms with E-state index in [1.54, 1.807) is 0 Å². The lowest BCUT2D eigenvalue weighted by molar-refractivity contribution is 0.731. The van der Waals surface area contributed by atoms with Crippen molar-refractivity contribution in [3.8, 4) is 0 Å². The van der Waals surface area contributed by atoms with Gasteiger partial charge in [-0.15, -0.1) is 13.2 Å². The lowest BCUT2D eigenvalue weighted by atomic mass is 9.91. The molecule has 0 heterocycles. The monoisotopic (exact) mass is 202 g/mol. The topological polar surface area (TPSA) is 0 Å². The van der Waals surface area contributed by atoms with E-state index in [0.717, 1.165) is 0 Å². The van der Waals surface area contributed by atoms with Crippen molar-refractivity contribution in [2.75, 3.05) is 0 Å². The minimum atomic E-state index is 0.632. The fraction of sp³-hybridized carbons (Fsp3) is 0.333. The molecular formula is C15H22. The Morgan fingerprint density at radius 3 is 2.40 bits per heavy atom. The van der Waals surface area contributed by atoms with Crippen LogP contribution in [-0.2, 0) is 0 Å². The molecule has 1 aromatic carbocycles. The van der Waals surface area contributed by atoms with Crippen LogP contribution in [0.2, 0.25) is 0 Å². The van der Waals surface area contributed by atoms with Crippen LogP contribution in [0.25, 0.3) is 6.08 Å². The summed E-state index contributed by atoms with van der Waals surface area (Å²) in [5.74, 6) is 0.632. The first-order valence-corrected chi connectivity index (χ1v) is 5.42. The number of benzene rings is 1. The highest BCUT2D eigenvalue weighted by Crippen LogP contribution is 2.25. The van der Waals surface area contributed by atoms with Gasteiger partial charge < -0.3 is 0 Å². The predicted octanol–water partition coefficient (Wildman–Crippen LogP) is 4.95. The number of hydrogen-bond acceptors (Lipinski definition) is 0. The van der Waals surface area contributed by atoms with E-state index in [-0.39, 0.29) is 0 Å². The molecule has 0 heteroatoms. The van der Waals surface area contributed by atoms with Crippen molar-refractivity contribution in [1.82, 2.24) is 0 Å². The van der Waals surface area contributed by atoms with Gasteiger partial charge in [0.2, 0.25) is 0 Å². The molecule has 15 heavy (non-hydrogen) atoms. The van der Waals surface area contributed by atoms with Crippen molar-refractivity contribution in [2.24, 2.45) is 0 Å². The van der Waals surface area contributed by atoms with Crippen LogP contribution in [0.1, 0.15) is 42.9 Å². The third-order valence-corrected chi connectivity index (χ3v) is 2.71. The van der Waals surface area contributed by atoms with Crippen LogP contribution in [0.3, 0.4) is 0 Å².